The number of aryl methyl sites for hydroxylation is 1. The largest absolute Gasteiger partial charge is 0.324 e. The summed E-state index contributed by atoms with van der Waals surface area (Å²) in [5, 5.41) is 3.03. The van der Waals surface area contributed by atoms with Crippen molar-refractivity contribution in [1.82, 2.24) is 4.90 Å². The molecule has 0 saturated carbocycles. The number of rotatable bonds is 4. The lowest BCUT2D eigenvalue weighted by molar-refractivity contribution is -0.120. The van der Waals surface area contributed by atoms with Crippen LogP contribution in [-0.4, -0.2) is 29.9 Å². The Bertz CT molecular complexity index is 786. The second kappa shape index (κ2) is 7.98. The van der Waals surface area contributed by atoms with Crippen molar-refractivity contribution in [1.29, 1.82) is 0 Å². The lowest BCUT2D eigenvalue weighted by Gasteiger charge is -2.31. The molecule has 1 aliphatic heterocycles. The third kappa shape index (κ3) is 4.39. The molecular weight excluding hydrogens is 376 g/mol. The van der Waals surface area contributed by atoms with E-state index in [2.05, 4.69) is 56.5 Å². The summed E-state index contributed by atoms with van der Waals surface area (Å²) in [6.45, 7) is 5.69. The van der Waals surface area contributed by atoms with E-state index < -0.39 is 0 Å². The predicted molar refractivity (Wildman–Crippen MR) is 108 cm³/mol. The monoisotopic (exact) mass is 398 g/mol. The van der Waals surface area contributed by atoms with Crippen LogP contribution in [0.5, 0.6) is 0 Å². The first-order chi connectivity index (χ1) is 12.0. The molecule has 0 bridgehead atoms. The number of nitrogens with one attached hydrogen (secondary N) is 1. The number of benzene rings is 2. The zero-order valence-electron chi connectivity index (χ0n) is 14.6. The van der Waals surface area contributed by atoms with Crippen molar-refractivity contribution in [3.63, 3.8) is 0 Å². The van der Waals surface area contributed by atoms with Gasteiger partial charge in [0, 0.05) is 17.6 Å². The first-order valence-electron chi connectivity index (χ1n) is 8.60. The molecule has 4 heteroatoms. The molecule has 0 spiro atoms. The van der Waals surface area contributed by atoms with Crippen LogP contribution in [-0.2, 0) is 4.79 Å². The minimum absolute atomic E-state index is 0.0288. The zero-order chi connectivity index (χ0) is 17.8. The van der Waals surface area contributed by atoms with Crippen LogP contribution in [0.3, 0.4) is 0 Å². The van der Waals surface area contributed by atoms with Gasteiger partial charge in [-0.1, -0.05) is 42.5 Å². The maximum atomic E-state index is 12.6. The third-order valence-electron chi connectivity index (χ3n) is 4.69. The highest BCUT2D eigenvalue weighted by molar-refractivity contribution is 9.10. The Hall–Kier alpha value is -1.91. The average Bonchev–Trinajstić information content (AvgIpc) is 2.64. The molecule has 1 atom stereocenters. The van der Waals surface area contributed by atoms with E-state index in [1.165, 1.54) is 11.1 Å². The SMILES string of the molecule is Cc1ccc(NC(=O)[C@H](C)N2CC=C(c3ccccc3)CC2)c(Br)c1. The van der Waals surface area contributed by atoms with E-state index in [-0.39, 0.29) is 11.9 Å². The van der Waals surface area contributed by atoms with Crippen molar-refractivity contribution < 1.29 is 4.79 Å². The number of hydrogen-bond donors (Lipinski definition) is 1. The summed E-state index contributed by atoms with van der Waals surface area (Å²) in [6.07, 6.45) is 3.21. The molecule has 2 aromatic rings. The van der Waals surface area contributed by atoms with Crippen LogP contribution in [0.2, 0.25) is 0 Å². The molecule has 0 radical (unpaired) electrons. The fourth-order valence-corrected chi connectivity index (χ4v) is 3.67. The van der Waals surface area contributed by atoms with Gasteiger partial charge >= 0.3 is 0 Å². The minimum atomic E-state index is -0.165. The first-order valence-corrected chi connectivity index (χ1v) is 9.39. The highest BCUT2D eigenvalue weighted by Gasteiger charge is 2.23. The average molecular weight is 399 g/mol. The van der Waals surface area contributed by atoms with E-state index in [9.17, 15) is 4.79 Å². The molecular formula is C21H23BrN2O. The van der Waals surface area contributed by atoms with Gasteiger partial charge in [-0.25, -0.2) is 0 Å². The second-order valence-electron chi connectivity index (χ2n) is 6.49. The molecule has 1 heterocycles. The molecule has 0 aromatic heterocycles. The van der Waals surface area contributed by atoms with E-state index in [0.717, 1.165) is 35.2 Å². The summed E-state index contributed by atoms with van der Waals surface area (Å²) in [7, 11) is 0. The van der Waals surface area contributed by atoms with Crippen LogP contribution >= 0.6 is 15.9 Å². The zero-order valence-corrected chi connectivity index (χ0v) is 16.2. The quantitative estimate of drug-likeness (QED) is 0.795. The highest BCUT2D eigenvalue weighted by Crippen LogP contribution is 2.25. The molecule has 0 fully saturated rings. The molecule has 2 aromatic carbocycles. The van der Waals surface area contributed by atoms with Gasteiger partial charge in [-0.2, -0.15) is 0 Å². The Morgan fingerprint density at radius 1 is 1.20 bits per heavy atom. The number of carbonyl (C=O) groups excluding carboxylic acids is 1. The molecule has 0 saturated heterocycles. The van der Waals surface area contributed by atoms with Crippen molar-refractivity contribution >= 4 is 33.1 Å². The van der Waals surface area contributed by atoms with E-state index in [1.54, 1.807) is 0 Å². The van der Waals surface area contributed by atoms with Crippen LogP contribution in [0.4, 0.5) is 5.69 Å². The number of nitrogens with zero attached hydrogens (tertiary/aromatic N) is 1. The lowest BCUT2D eigenvalue weighted by atomic mass is 9.99. The van der Waals surface area contributed by atoms with Crippen molar-refractivity contribution in [2.45, 2.75) is 26.3 Å². The molecule has 0 unspecified atom stereocenters. The molecule has 1 N–H and O–H groups in total. The number of carbonyl (C=O) groups is 1. The van der Waals surface area contributed by atoms with Gasteiger partial charge in [0.15, 0.2) is 0 Å². The van der Waals surface area contributed by atoms with Crippen LogP contribution in [0.15, 0.2) is 59.1 Å². The molecule has 3 nitrogen and oxygen atoms in total. The Morgan fingerprint density at radius 3 is 2.60 bits per heavy atom. The van der Waals surface area contributed by atoms with E-state index in [4.69, 9.17) is 0 Å². The van der Waals surface area contributed by atoms with Crippen molar-refractivity contribution in [3.8, 4) is 0 Å². The van der Waals surface area contributed by atoms with Gasteiger partial charge in [0.2, 0.25) is 5.91 Å². The summed E-state index contributed by atoms with van der Waals surface area (Å²) >= 11 is 3.52. The van der Waals surface area contributed by atoms with Crippen LogP contribution in [0.1, 0.15) is 24.5 Å². The van der Waals surface area contributed by atoms with E-state index in [1.807, 2.05) is 38.1 Å². The number of hydrogen-bond acceptors (Lipinski definition) is 2. The first kappa shape index (κ1) is 17.9. The van der Waals surface area contributed by atoms with Gasteiger partial charge in [0.1, 0.15) is 0 Å². The summed E-state index contributed by atoms with van der Waals surface area (Å²) in [6, 6.07) is 16.2. The van der Waals surface area contributed by atoms with Gasteiger partial charge in [-0.3, -0.25) is 9.69 Å². The second-order valence-corrected chi connectivity index (χ2v) is 7.34. The third-order valence-corrected chi connectivity index (χ3v) is 5.35. The summed E-state index contributed by atoms with van der Waals surface area (Å²) in [5.41, 5.74) is 4.63. The van der Waals surface area contributed by atoms with Gasteiger partial charge < -0.3 is 5.32 Å². The summed E-state index contributed by atoms with van der Waals surface area (Å²) in [5.74, 6) is 0.0288. The van der Waals surface area contributed by atoms with Gasteiger partial charge in [-0.05, 0) is 65.0 Å². The number of anilines is 1. The van der Waals surface area contributed by atoms with E-state index >= 15 is 0 Å². The Labute approximate surface area is 157 Å². The van der Waals surface area contributed by atoms with Crippen LogP contribution < -0.4 is 5.32 Å². The molecule has 3 rings (SSSR count). The lowest BCUT2D eigenvalue weighted by Crippen LogP contribution is -2.44. The molecule has 25 heavy (non-hydrogen) atoms. The van der Waals surface area contributed by atoms with Gasteiger partial charge in [0.25, 0.3) is 0 Å². The molecule has 0 aliphatic carbocycles. The molecule has 1 amide bonds. The maximum absolute atomic E-state index is 12.6. The Balaban J connectivity index is 1.63. The maximum Gasteiger partial charge on any atom is 0.241 e. The van der Waals surface area contributed by atoms with Crippen molar-refractivity contribution in [2.24, 2.45) is 0 Å². The van der Waals surface area contributed by atoms with Gasteiger partial charge in [0.05, 0.1) is 11.7 Å². The summed E-state index contributed by atoms with van der Waals surface area (Å²) < 4.78 is 0.915. The fraction of sp³-hybridized carbons (Fsp3) is 0.286. The van der Waals surface area contributed by atoms with Crippen LogP contribution in [0.25, 0.3) is 5.57 Å². The van der Waals surface area contributed by atoms with E-state index in [0.29, 0.717) is 0 Å². The standard InChI is InChI=1S/C21H23BrN2O/c1-15-8-9-20(19(22)14-15)23-21(25)16(2)24-12-10-18(11-13-24)17-6-4-3-5-7-17/h3-10,14,16H,11-13H2,1-2H3,(H,23,25)/t16-/m0/s1. The Kier molecular flexibility index (Phi) is 5.71. The fourth-order valence-electron chi connectivity index (χ4n) is 3.08. The number of halogens is 1. The topological polar surface area (TPSA) is 32.3 Å². The van der Waals surface area contributed by atoms with Crippen molar-refractivity contribution in [2.75, 3.05) is 18.4 Å². The number of amides is 1. The normalized spacial score (nSPS) is 16.2. The summed E-state index contributed by atoms with van der Waals surface area (Å²) in [4.78, 5) is 14.8. The smallest absolute Gasteiger partial charge is 0.241 e. The highest BCUT2D eigenvalue weighted by atomic mass is 79.9. The molecule has 130 valence electrons. The van der Waals surface area contributed by atoms with Crippen LogP contribution in [0, 0.1) is 6.92 Å². The minimum Gasteiger partial charge on any atom is -0.324 e. The van der Waals surface area contributed by atoms with Crippen molar-refractivity contribution in [3.05, 3.63) is 70.2 Å². The van der Waals surface area contributed by atoms with Gasteiger partial charge in [-0.15, -0.1) is 0 Å². The Morgan fingerprint density at radius 2 is 1.96 bits per heavy atom. The predicted octanol–water partition coefficient (Wildman–Crippen LogP) is 4.87. The molecule has 1 aliphatic rings.